The minimum atomic E-state index is -0.234. The Kier molecular flexibility index (Phi) is 5.54. The summed E-state index contributed by atoms with van der Waals surface area (Å²) >= 11 is 6.10. The van der Waals surface area contributed by atoms with Crippen LogP contribution in [0.4, 0.5) is 5.69 Å². The van der Waals surface area contributed by atoms with Gasteiger partial charge in [0, 0.05) is 11.1 Å². The van der Waals surface area contributed by atoms with Gasteiger partial charge in [-0.25, -0.2) is 4.57 Å². The molecule has 144 valence electrons. The molecule has 4 aromatic rings. The van der Waals surface area contributed by atoms with Crippen molar-refractivity contribution in [2.75, 3.05) is 5.32 Å². The largest absolute Gasteiger partial charge is 0.460 e. The van der Waals surface area contributed by atoms with Gasteiger partial charge in [-0.2, -0.15) is 0 Å². The van der Waals surface area contributed by atoms with Gasteiger partial charge in [0.1, 0.15) is 5.75 Å². The number of benzene rings is 2. The van der Waals surface area contributed by atoms with E-state index in [0.29, 0.717) is 33.7 Å². The fourth-order valence-corrected chi connectivity index (χ4v) is 2.88. The highest BCUT2D eigenvalue weighted by Gasteiger charge is 2.14. The van der Waals surface area contributed by atoms with E-state index in [9.17, 15) is 4.79 Å². The van der Waals surface area contributed by atoms with Crippen LogP contribution in [-0.4, -0.2) is 10.9 Å². The van der Waals surface area contributed by atoms with Gasteiger partial charge in [0.05, 0.1) is 18.1 Å². The number of nitrogens with zero attached hydrogens (tertiary/aromatic N) is 2. The molecule has 0 radical (unpaired) electrons. The van der Waals surface area contributed by atoms with Gasteiger partial charge < -0.3 is 14.5 Å². The third-order valence-corrected chi connectivity index (χ3v) is 4.29. The number of furan rings is 1. The van der Waals surface area contributed by atoms with E-state index < -0.39 is 0 Å². The Balaban J connectivity index is 1.46. The normalized spacial score (nSPS) is 10.5. The maximum Gasteiger partial charge on any atom is 0.287 e. The number of halogens is 1. The van der Waals surface area contributed by atoms with Crippen molar-refractivity contribution in [1.82, 2.24) is 4.98 Å². The summed E-state index contributed by atoms with van der Waals surface area (Å²) in [7, 11) is 0. The Morgan fingerprint density at radius 2 is 1.97 bits per heavy atom. The highest BCUT2D eigenvalue weighted by Crippen LogP contribution is 2.32. The van der Waals surface area contributed by atoms with Crippen LogP contribution in [-0.2, 0) is 11.3 Å². The molecule has 0 saturated carbocycles. The molecule has 0 saturated heterocycles. The molecular weight excluding hydrogens is 390 g/mol. The van der Waals surface area contributed by atoms with E-state index in [2.05, 4.69) is 10.3 Å². The maximum absolute atomic E-state index is 12.5. The minimum Gasteiger partial charge on any atom is -0.460 e. The molecule has 6 nitrogen and oxygen atoms in total. The lowest BCUT2D eigenvalue weighted by Crippen LogP contribution is -2.40. The minimum absolute atomic E-state index is 0.0860. The van der Waals surface area contributed by atoms with E-state index in [1.807, 2.05) is 36.4 Å². The molecule has 2 heterocycles. The summed E-state index contributed by atoms with van der Waals surface area (Å²) in [6, 6.07) is 19.8. The molecule has 0 spiro atoms. The number of aromatic nitrogens is 2. The van der Waals surface area contributed by atoms with Crippen molar-refractivity contribution in [2.45, 2.75) is 6.54 Å². The summed E-state index contributed by atoms with van der Waals surface area (Å²) in [6.45, 7) is 0.0860. The Hall–Kier alpha value is -3.64. The lowest BCUT2D eigenvalue weighted by molar-refractivity contribution is -0.686. The molecule has 0 atom stereocenters. The average Bonchev–Trinajstić information content (AvgIpc) is 3.26. The molecule has 2 aromatic carbocycles. The summed E-state index contributed by atoms with van der Waals surface area (Å²) in [5.74, 6) is 1.61. The Morgan fingerprint density at radius 3 is 2.69 bits per heavy atom. The topological polar surface area (TPSA) is 68.2 Å². The molecule has 0 aliphatic carbocycles. The smallest absolute Gasteiger partial charge is 0.287 e. The van der Waals surface area contributed by atoms with Gasteiger partial charge in [0.15, 0.2) is 18.1 Å². The number of carbonyl (C=O) groups is 1. The lowest BCUT2D eigenvalue weighted by Gasteiger charge is -2.12. The zero-order chi connectivity index (χ0) is 20.1. The van der Waals surface area contributed by atoms with Crippen molar-refractivity contribution in [3.05, 3.63) is 90.5 Å². The van der Waals surface area contributed by atoms with Gasteiger partial charge in [-0.05, 0) is 47.4 Å². The first-order valence-electron chi connectivity index (χ1n) is 8.89. The summed E-state index contributed by atoms with van der Waals surface area (Å²) in [4.78, 5) is 16.8. The van der Waals surface area contributed by atoms with Crippen LogP contribution in [0, 0.1) is 0 Å². The Bertz CT molecular complexity index is 1100. The Morgan fingerprint density at radius 1 is 1.10 bits per heavy atom. The van der Waals surface area contributed by atoms with E-state index >= 15 is 0 Å². The third kappa shape index (κ3) is 4.80. The monoisotopic (exact) mass is 406 g/mol. The molecule has 2 aromatic heterocycles. The standard InChI is InChI=1S/C22H16ClN3O3/c23-16-8-9-21(29-17-5-2-1-3-6-17)19(13-16)25-22(27)14-26-11-10-18(24-15-26)20-7-4-12-28-20/h1-13,15H,14H2/p+1. The maximum atomic E-state index is 12.5. The zero-order valence-corrected chi connectivity index (χ0v) is 16.0. The lowest BCUT2D eigenvalue weighted by atomic mass is 10.2. The summed E-state index contributed by atoms with van der Waals surface area (Å²) in [5, 5.41) is 3.34. The summed E-state index contributed by atoms with van der Waals surface area (Å²) in [5.41, 5.74) is 1.19. The quantitative estimate of drug-likeness (QED) is 0.471. The molecule has 1 amide bonds. The van der Waals surface area contributed by atoms with Crippen LogP contribution < -0.4 is 14.6 Å². The van der Waals surface area contributed by atoms with Crippen LogP contribution in [0.2, 0.25) is 5.02 Å². The van der Waals surface area contributed by atoms with Crippen LogP contribution in [0.25, 0.3) is 11.5 Å². The molecule has 4 rings (SSSR count). The summed E-state index contributed by atoms with van der Waals surface area (Å²) < 4.78 is 12.9. The van der Waals surface area contributed by atoms with Crippen LogP contribution in [0.5, 0.6) is 11.5 Å². The molecular formula is C22H17ClN3O3+. The van der Waals surface area contributed by atoms with Gasteiger partial charge in [-0.3, -0.25) is 4.79 Å². The molecule has 29 heavy (non-hydrogen) atoms. The first-order chi connectivity index (χ1) is 14.2. The zero-order valence-electron chi connectivity index (χ0n) is 15.3. The van der Waals surface area contributed by atoms with Crippen LogP contribution in [0.15, 0.2) is 89.9 Å². The molecule has 0 aliphatic heterocycles. The molecule has 7 heteroatoms. The van der Waals surface area contributed by atoms with Gasteiger partial charge >= 0.3 is 0 Å². The second-order valence-corrected chi connectivity index (χ2v) is 6.64. The number of anilines is 1. The fourth-order valence-electron chi connectivity index (χ4n) is 2.71. The van der Waals surface area contributed by atoms with Crippen LogP contribution in [0.3, 0.4) is 0 Å². The first-order valence-corrected chi connectivity index (χ1v) is 9.26. The van der Waals surface area contributed by atoms with Gasteiger partial charge in [0.2, 0.25) is 5.69 Å². The predicted octanol–water partition coefficient (Wildman–Crippen LogP) is 4.71. The van der Waals surface area contributed by atoms with Gasteiger partial charge in [-0.1, -0.05) is 29.8 Å². The number of hydrogen-bond acceptors (Lipinski definition) is 4. The van der Waals surface area contributed by atoms with E-state index in [1.165, 1.54) is 0 Å². The molecule has 0 aliphatic rings. The number of nitrogens with one attached hydrogen (secondary N) is 1. The number of rotatable bonds is 6. The van der Waals surface area contributed by atoms with Gasteiger partial charge in [0.25, 0.3) is 12.2 Å². The third-order valence-electron chi connectivity index (χ3n) is 4.06. The highest BCUT2D eigenvalue weighted by molar-refractivity contribution is 6.31. The average molecular weight is 407 g/mol. The fraction of sp³-hybridized carbons (Fsp3) is 0.0455. The van der Waals surface area contributed by atoms with E-state index in [4.69, 9.17) is 20.8 Å². The van der Waals surface area contributed by atoms with Crippen molar-refractivity contribution in [3.63, 3.8) is 0 Å². The second kappa shape index (κ2) is 8.58. The van der Waals surface area contributed by atoms with Gasteiger partial charge in [-0.15, -0.1) is 0 Å². The van der Waals surface area contributed by atoms with Crippen LogP contribution in [0.1, 0.15) is 0 Å². The van der Waals surface area contributed by atoms with E-state index in [1.54, 1.807) is 53.7 Å². The van der Waals surface area contributed by atoms with Crippen LogP contribution >= 0.6 is 11.6 Å². The highest BCUT2D eigenvalue weighted by atomic mass is 35.5. The number of ether oxygens (including phenoxy) is 1. The SMILES string of the molecule is O=C(C[n+]1ccc(-c2ccco2)nc1)Nc1cc(Cl)ccc1Oc1ccccc1. The van der Waals surface area contributed by atoms with Crippen molar-refractivity contribution >= 4 is 23.2 Å². The number of amides is 1. The van der Waals surface area contributed by atoms with Crippen molar-refractivity contribution in [2.24, 2.45) is 0 Å². The summed E-state index contributed by atoms with van der Waals surface area (Å²) in [6.07, 6.45) is 4.94. The van der Waals surface area contributed by atoms with Crippen molar-refractivity contribution < 1.29 is 18.5 Å². The molecule has 0 fully saturated rings. The van der Waals surface area contributed by atoms with E-state index in [0.717, 1.165) is 0 Å². The van der Waals surface area contributed by atoms with Crippen molar-refractivity contribution in [1.29, 1.82) is 0 Å². The van der Waals surface area contributed by atoms with Crippen molar-refractivity contribution in [3.8, 4) is 23.0 Å². The molecule has 0 unspecified atom stereocenters. The molecule has 0 bridgehead atoms. The Labute approximate surface area is 172 Å². The molecule has 1 N–H and O–H groups in total. The second-order valence-electron chi connectivity index (χ2n) is 6.20. The number of carbonyl (C=O) groups excluding carboxylic acids is 1. The number of hydrogen-bond donors (Lipinski definition) is 1. The first kappa shape index (κ1) is 18.7. The predicted molar refractivity (Wildman–Crippen MR) is 109 cm³/mol. The van der Waals surface area contributed by atoms with E-state index in [-0.39, 0.29) is 12.5 Å². The number of para-hydroxylation sites is 1.